The Kier molecular flexibility index (Phi) is 4.88. The predicted molar refractivity (Wildman–Crippen MR) is 79.9 cm³/mol. The molecule has 4 nitrogen and oxygen atoms in total. The van der Waals surface area contributed by atoms with Gasteiger partial charge in [-0.1, -0.05) is 0 Å². The van der Waals surface area contributed by atoms with Crippen LogP contribution < -0.4 is 11.1 Å². The molecule has 1 atom stereocenters. The van der Waals surface area contributed by atoms with E-state index in [1.165, 1.54) is 16.7 Å². The highest BCUT2D eigenvalue weighted by Gasteiger charge is 2.32. The van der Waals surface area contributed by atoms with Crippen molar-refractivity contribution in [3.8, 4) is 0 Å². The molecule has 3 N–H and O–H groups in total. The van der Waals surface area contributed by atoms with Crippen molar-refractivity contribution in [2.24, 2.45) is 5.73 Å². The van der Waals surface area contributed by atoms with E-state index in [9.17, 15) is 18.0 Å². The smallest absolute Gasteiger partial charge is 0.347 e. The zero-order chi connectivity index (χ0) is 16.5. The fraction of sp³-hybridized carbons (Fsp3) is 0.385. The SMILES string of the molecule is Cc1nc(C(C)N)sc1C(=O)NCc1csc(C(F)(F)F)c1. The van der Waals surface area contributed by atoms with Gasteiger partial charge in [0.15, 0.2) is 0 Å². The fourth-order valence-electron chi connectivity index (χ4n) is 1.70. The number of aromatic nitrogens is 1. The summed E-state index contributed by atoms with van der Waals surface area (Å²) < 4.78 is 37.5. The van der Waals surface area contributed by atoms with E-state index in [1.54, 1.807) is 13.8 Å². The molecule has 2 rings (SSSR count). The number of thiazole rings is 1. The van der Waals surface area contributed by atoms with Gasteiger partial charge in [-0.25, -0.2) is 4.98 Å². The summed E-state index contributed by atoms with van der Waals surface area (Å²) in [6.45, 7) is 3.50. The Hall–Kier alpha value is -1.45. The van der Waals surface area contributed by atoms with Crippen molar-refractivity contribution in [3.63, 3.8) is 0 Å². The number of halogens is 3. The first-order valence-corrected chi connectivity index (χ1v) is 8.03. The second kappa shape index (κ2) is 6.35. The summed E-state index contributed by atoms with van der Waals surface area (Å²) in [7, 11) is 0. The first kappa shape index (κ1) is 16.9. The normalized spacial score (nSPS) is 13.2. The summed E-state index contributed by atoms with van der Waals surface area (Å²) in [6.07, 6.45) is -4.35. The molecule has 0 bridgehead atoms. The molecule has 1 unspecified atom stereocenters. The van der Waals surface area contributed by atoms with Crippen LogP contribution in [-0.4, -0.2) is 10.9 Å². The number of nitrogens with one attached hydrogen (secondary N) is 1. The first-order chi connectivity index (χ1) is 10.2. The van der Waals surface area contributed by atoms with Crippen LogP contribution in [0.2, 0.25) is 0 Å². The molecule has 120 valence electrons. The number of nitrogens with zero attached hydrogens (tertiary/aromatic N) is 1. The largest absolute Gasteiger partial charge is 0.425 e. The summed E-state index contributed by atoms with van der Waals surface area (Å²) in [4.78, 5) is 16.0. The van der Waals surface area contributed by atoms with E-state index in [4.69, 9.17) is 5.73 Å². The first-order valence-electron chi connectivity index (χ1n) is 6.34. The number of nitrogens with two attached hydrogens (primary N) is 1. The highest BCUT2D eigenvalue weighted by Crippen LogP contribution is 2.34. The number of thiophene rings is 1. The van der Waals surface area contributed by atoms with Gasteiger partial charge in [0, 0.05) is 6.54 Å². The number of amides is 1. The minimum atomic E-state index is -4.35. The number of hydrogen-bond acceptors (Lipinski definition) is 5. The number of alkyl halides is 3. The molecule has 0 aliphatic rings. The molecule has 0 saturated heterocycles. The van der Waals surface area contributed by atoms with Crippen molar-refractivity contribution in [3.05, 3.63) is 37.5 Å². The molecule has 0 spiro atoms. The molecule has 0 saturated carbocycles. The van der Waals surface area contributed by atoms with E-state index in [1.807, 2.05) is 0 Å². The third-order valence-electron chi connectivity index (χ3n) is 2.80. The number of carbonyl (C=O) groups excluding carboxylic acids is 1. The summed E-state index contributed by atoms with van der Waals surface area (Å²) in [5, 5.41) is 4.64. The van der Waals surface area contributed by atoms with Crippen LogP contribution >= 0.6 is 22.7 Å². The molecule has 0 radical (unpaired) electrons. The number of hydrogen-bond donors (Lipinski definition) is 2. The predicted octanol–water partition coefficient (Wildman–Crippen LogP) is 3.48. The van der Waals surface area contributed by atoms with E-state index >= 15 is 0 Å². The minimum Gasteiger partial charge on any atom is -0.347 e. The highest BCUT2D eigenvalue weighted by atomic mass is 32.1. The number of aryl methyl sites for hydroxylation is 1. The van der Waals surface area contributed by atoms with Crippen LogP contribution in [0.4, 0.5) is 13.2 Å². The van der Waals surface area contributed by atoms with Gasteiger partial charge in [0.05, 0.1) is 11.7 Å². The molecular formula is C13H14F3N3OS2. The molecule has 9 heteroatoms. The van der Waals surface area contributed by atoms with E-state index < -0.39 is 11.1 Å². The maximum absolute atomic E-state index is 12.5. The standard InChI is InChI=1S/C13H14F3N3OS2/c1-6(17)12-19-7(2)10(22-12)11(20)18-4-8-3-9(21-5-8)13(14,15)16/h3,5-6H,4,17H2,1-2H3,(H,18,20). The third-order valence-corrected chi connectivity index (χ3v) is 5.18. The van der Waals surface area contributed by atoms with Crippen LogP contribution in [-0.2, 0) is 12.7 Å². The zero-order valence-electron chi connectivity index (χ0n) is 11.8. The van der Waals surface area contributed by atoms with Gasteiger partial charge >= 0.3 is 6.18 Å². The molecule has 1 amide bonds. The Morgan fingerprint density at radius 3 is 2.68 bits per heavy atom. The lowest BCUT2D eigenvalue weighted by Gasteiger charge is -2.03. The van der Waals surface area contributed by atoms with Gasteiger partial charge in [-0.2, -0.15) is 13.2 Å². The third kappa shape index (κ3) is 3.84. The van der Waals surface area contributed by atoms with Gasteiger partial charge in [0.2, 0.25) is 0 Å². The summed E-state index contributed by atoms with van der Waals surface area (Å²) >= 11 is 1.81. The molecule has 0 aromatic carbocycles. The average Bonchev–Trinajstić information content (AvgIpc) is 3.01. The van der Waals surface area contributed by atoms with Crippen molar-refractivity contribution >= 4 is 28.6 Å². The quantitative estimate of drug-likeness (QED) is 0.888. The summed E-state index contributed by atoms with van der Waals surface area (Å²) in [6, 6.07) is 0.772. The van der Waals surface area contributed by atoms with E-state index in [2.05, 4.69) is 10.3 Å². The lowest BCUT2D eigenvalue weighted by atomic mass is 10.3. The molecule has 22 heavy (non-hydrogen) atoms. The second-order valence-corrected chi connectivity index (χ2v) is 6.70. The minimum absolute atomic E-state index is 0.0380. The maximum atomic E-state index is 12.5. The second-order valence-electron chi connectivity index (χ2n) is 4.75. The lowest BCUT2D eigenvalue weighted by Crippen LogP contribution is -2.22. The van der Waals surface area contributed by atoms with E-state index in [0.29, 0.717) is 32.5 Å². The Morgan fingerprint density at radius 1 is 1.50 bits per heavy atom. The lowest BCUT2D eigenvalue weighted by molar-refractivity contribution is -0.134. The van der Waals surface area contributed by atoms with Crippen molar-refractivity contribution in [1.29, 1.82) is 0 Å². The topological polar surface area (TPSA) is 68.0 Å². The number of carbonyl (C=O) groups is 1. The molecular weight excluding hydrogens is 335 g/mol. The van der Waals surface area contributed by atoms with Crippen LogP contribution in [0.1, 0.15) is 43.8 Å². The zero-order valence-corrected chi connectivity index (χ0v) is 13.5. The van der Waals surface area contributed by atoms with Crippen LogP contribution in [0, 0.1) is 6.92 Å². The summed E-state index contributed by atoms with van der Waals surface area (Å²) in [5.74, 6) is -0.360. The van der Waals surface area contributed by atoms with E-state index in [0.717, 1.165) is 6.07 Å². The van der Waals surface area contributed by atoms with Gasteiger partial charge in [0.1, 0.15) is 14.8 Å². The van der Waals surface area contributed by atoms with Crippen molar-refractivity contribution in [2.45, 2.75) is 32.6 Å². The Morgan fingerprint density at radius 2 is 2.18 bits per heavy atom. The molecule has 2 aromatic heterocycles. The fourth-order valence-corrected chi connectivity index (χ4v) is 3.42. The molecule has 0 aliphatic carbocycles. The monoisotopic (exact) mass is 349 g/mol. The maximum Gasteiger partial charge on any atom is 0.425 e. The van der Waals surface area contributed by atoms with Gasteiger partial charge in [-0.3, -0.25) is 4.79 Å². The Balaban J connectivity index is 2.02. The molecule has 2 heterocycles. The van der Waals surface area contributed by atoms with Crippen LogP contribution in [0.3, 0.4) is 0 Å². The number of rotatable bonds is 4. The van der Waals surface area contributed by atoms with Crippen LogP contribution in [0.5, 0.6) is 0 Å². The van der Waals surface area contributed by atoms with Gasteiger partial charge in [0.25, 0.3) is 5.91 Å². The molecule has 0 fully saturated rings. The average molecular weight is 349 g/mol. The van der Waals surface area contributed by atoms with Crippen molar-refractivity contribution < 1.29 is 18.0 Å². The highest BCUT2D eigenvalue weighted by molar-refractivity contribution is 7.13. The van der Waals surface area contributed by atoms with Crippen molar-refractivity contribution in [2.75, 3.05) is 0 Å². The van der Waals surface area contributed by atoms with E-state index in [-0.39, 0.29) is 18.5 Å². The van der Waals surface area contributed by atoms with Crippen LogP contribution in [0.15, 0.2) is 11.4 Å². The van der Waals surface area contributed by atoms with Crippen LogP contribution in [0.25, 0.3) is 0 Å². The van der Waals surface area contributed by atoms with Crippen molar-refractivity contribution in [1.82, 2.24) is 10.3 Å². The molecule has 0 aliphatic heterocycles. The van der Waals surface area contributed by atoms with Gasteiger partial charge in [-0.05, 0) is 30.9 Å². The molecule has 2 aromatic rings. The Labute approximate surface area is 133 Å². The summed E-state index contributed by atoms with van der Waals surface area (Å²) in [5.41, 5.74) is 6.70. The Bertz CT molecular complexity index is 676. The van der Waals surface area contributed by atoms with Gasteiger partial charge < -0.3 is 11.1 Å². The van der Waals surface area contributed by atoms with Gasteiger partial charge in [-0.15, -0.1) is 22.7 Å².